The van der Waals surface area contributed by atoms with Crippen molar-refractivity contribution < 1.29 is 19.2 Å². The Hall–Kier alpha value is -3.68. The summed E-state index contributed by atoms with van der Waals surface area (Å²) in [7, 11) is 1.53. The number of allylic oxidation sites excluding steroid dienone is 1. The average Bonchev–Trinajstić information content (AvgIpc) is 2.72. The molecule has 0 aromatic heterocycles. The number of para-hydroxylation sites is 1. The molecule has 2 aromatic carbocycles. The van der Waals surface area contributed by atoms with Crippen LogP contribution in [-0.4, -0.2) is 35.5 Å². The Kier molecular flexibility index (Phi) is 5.92. The molecular formula is C21H21N3O5. The minimum absolute atomic E-state index is 0.154. The molecule has 8 nitrogen and oxygen atoms in total. The quantitative estimate of drug-likeness (QED) is 0.459. The fourth-order valence-corrected chi connectivity index (χ4v) is 3.22. The molecule has 0 spiro atoms. The van der Waals surface area contributed by atoms with E-state index in [2.05, 4.69) is 5.32 Å². The monoisotopic (exact) mass is 395 g/mol. The number of nitrogens with one attached hydrogen (secondary N) is 1. The van der Waals surface area contributed by atoms with Crippen molar-refractivity contribution in [1.29, 1.82) is 0 Å². The number of rotatable bonds is 6. The van der Waals surface area contributed by atoms with E-state index in [1.54, 1.807) is 13.0 Å². The summed E-state index contributed by atoms with van der Waals surface area (Å²) in [5.41, 5.74) is 1.64. The number of benzene rings is 2. The molecule has 1 aliphatic heterocycles. The van der Waals surface area contributed by atoms with Crippen molar-refractivity contribution in [2.45, 2.75) is 19.4 Å². The summed E-state index contributed by atoms with van der Waals surface area (Å²) in [6, 6.07) is 14.2. The summed E-state index contributed by atoms with van der Waals surface area (Å²) in [4.78, 5) is 37.4. The highest BCUT2D eigenvalue weighted by molar-refractivity contribution is 5.95. The molecule has 29 heavy (non-hydrogen) atoms. The van der Waals surface area contributed by atoms with Gasteiger partial charge in [0.2, 0.25) is 0 Å². The van der Waals surface area contributed by atoms with Gasteiger partial charge in [-0.3, -0.25) is 10.1 Å². The van der Waals surface area contributed by atoms with E-state index < -0.39 is 23.0 Å². The van der Waals surface area contributed by atoms with Crippen LogP contribution in [-0.2, 0) is 16.0 Å². The fraction of sp³-hybridized carbons (Fsp3) is 0.238. The van der Waals surface area contributed by atoms with Crippen molar-refractivity contribution >= 4 is 17.7 Å². The first-order valence-corrected chi connectivity index (χ1v) is 9.09. The highest BCUT2D eigenvalue weighted by Gasteiger charge is 2.37. The largest absolute Gasteiger partial charge is 0.462 e. The molecule has 3 rings (SSSR count). The van der Waals surface area contributed by atoms with Gasteiger partial charge in [-0.25, -0.2) is 9.59 Å². The lowest BCUT2D eigenvalue weighted by molar-refractivity contribution is -0.385. The lowest BCUT2D eigenvalue weighted by Gasteiger charge is -2.33. The molecule has 1 atom stereocenters. The number of hydrogen-bond donors (Lipinski definition) is 1. The van der Waals surface area contributed by atoms with Crippen LogP contribution < -0.4 is 5.32 Å². The van der Waals surface area contributed by atoms with Crippen LogP contribution in [0.25, 0.3) is 0 Å². The van der Waals surface area contributed by atoms with Crippen molar-refractivity contribution in [2.75, 3.05) is 13.7 Å². The highest BCUT2D eigenvalue weighted by atomic mass is 16.6. The van der Waals surface area contributed by atoms with Gasteiger partial charge in [-0.1, -0.05) is 42.5 Å². The van der Waals surface area contributed by atoms with Crippen LogP contribution in [0.5, 0.6) is 0 Å². The van der Waals surface area contributed by atoms with E-state index in [-0.39, 0.29) is 23.4 Å². The van der Waals surface area contributed by atoms with Gasteiger partial charge in [-0.2, -0.15) is 0 Å². The zero-order valence-corrected chi connectivity index (χ0v) is 16.1. The van der Waals surface area contributed by atoms with Gasteiger partial charge in [-0.15, -0.1) is 0 Å². The number of amides is 2. The van der Waals surface area contributed by atoms with Gasteiger partial charge in [0, 0.05) is 25.2 Å². The molecule has 1 heterocycles. The molecule has 0 unspecified atom stereocenters. The Morgan fingerprint density at radius 2 is 1.83 bits per heavy atom. The summed E-state index contributed by atoms with van der Waals surface area (Å²) in [5.74, 6) is -0.617. The maximum absolute atomic E-state index is 12.9. The lowest BCUT2D eigenvalue weighted by Crippen LogP contribution is -2.46. The molecule has 2 aromatic rings. The van der Waals surface area contributed by atoms with Gasteiger partial charge in [0.05, 0.1) is 28.7 Å². The SMILES string of the molecule is CC1=C(C(=O)OCCc2ccccc2)[C@@H](c2ccccc2[N+](=O)[O-])NC(=O)N1C. The second-order valence-corrected chi connectivity index (χ2v) is 6.63. The van der Waals surface area contributed by atoms with Crippen molar-refractivity contribution in [3.05, 3.63) is 87.1 Å². The fourth-order valence-electron chi connectivity index (χ4n) is 3.22. The highest BCUT2D eigenvalue weighted by Crippen LogP contribution is 2.35. The number of carbonyl (C=O) groups excluding carboxylic acids is 2. The number of nitro groups is 1. The molecule has 2 amide bonds. The third kappa shape index (κ3) is 4.26. The second-order valence-electron chi connectivity index (χ2n) is 6.63. The van der Waals surface area contributed by atoms with Gasteiger partial charge in [-0.05, 0) is 18.6 Å². The van der Waals surface area contributed by atoms with Crippen LogP contribution in [0.15, 0.2) is 65.9 Å². The Labute approximate surface area is 167 Å². The van der Waals surface area contributed by atoms with Crippen LogP contribution in [0, 0.1) is 10.1 Å². The maximum atomic E-state index is 12.9. The van der Waals surface area contributed by atoms with Crippen molar-refractivity contribution in [1.82, 2.24) is 10.2 Å². The van der Waals surface area contributed by atoms with Gasteiger partial charge in [0.15, 0.2) is 0 Å². The van der Waals surface area contributed by atoms with Gasteiger partial charge in [0.25, 0.3) is 5.69 Å². The van der Waals surface area contributed by atoms with Crippen molar-refractivity contribution in [3.63, 3.8) is 0 Å². The summed E-state index contributed by atoms with van der Waals surface area (Å²) < 4.78 is 5.45. The second kappa shape index (κ2) is 8.55. The van der Waals surface area contributed by atoms with Gasteiger partial charge < -0.3 is 15.0 Å². The zero-order chi connectivity index (χ0) is 21.0. The Balaban J connectivity index is 1.89. The summed E-state index contributed by atoms with van der Waals surface area (Å²) in [6.45, 7) is 1.77. The Bertz CT molecular complexity index is 971. The van der Waals surface area contributed by atoms with E-state index in [9.17, 15) is 19.7 Å². The third-order valence-corrected chi connectivity index (χ3v) is 4.89. The maximum Gasteiger partial charge on any atom is 0.338 e. The molecule has 1 N–H and O–H groups in total. The van der Waals surface area contributed by atoms with Crippen LogP contribution in [0.2, 0.25) is 0 Å². The van der Waals surface area contributed by atoms with Crippen LogP contribution in [0.1, 0.15) is 24.1 Å². The van der Waals surface area contributed by atoms with E-state index >= 15 is 0 Å². The van der Waals surface area contributed by atoms with Crippen molar-refractivity contribution in [3.8, 4) is 0 Å². The minimum atomic E-state index is -0.968. The van der Waals surface area contributed by atoms with E-state index in [4.69, 9.17) is 4.74 Å². The van der Waals surface area contributed by atoms with E-state index in [0.717, 1.165) is 5.56 Å². The number of nitro benzene ring substituents is 1. The molecule has 0 fully saturated rings. The molecule has 1 aliphatic rings. The van der Waals surface area contributed by atoms with Gasteiger partial charge in [0.1, 0.15) is 0 Å². The van der Waals surface area contributed by atoms with E-state index in [1.165, 1.54) is 30.1 Å². The van der Waals surface area contributed by atoms with Gasteiger partial charge >= 0.3 is 12.0 Å². The summed E-state index contributed by atoms with van der Waals surface area (Å²) >= 11 is 0. The van der Waals surface area contributed by atoms with E-state index in [1.807, 2.05) is 30.3 Å². The Morgan fingerprint density at radius 3 is 2.52 bits per heavy atom. The summed E-state index contributed by atoms with van der Waals surface area (Å²) in [5, 5.41) is 14.1. The molecule has 0 saturated carbocycles. The van der Waals surface area contributed by atoms with E-state index in [0.29, 0.717) is 12.1 Å². The molecule has 8 heteroatoms. The number of urea groups is 1. The molecule has 0 bridgehead atoms. The predicted molar refractivity (Wildman–Crippen MR) is 106 cm³/mol. The topological polar surface area (TPSA) is 102 Å². The van der Waals surface area contributed by atoms with Crippen LogP contribution in [0.4, 0.5) is 10.5 Å². The summed E-state index contributed by atoms with van der Waals surface area (Å²) in [6.07, 6.45) is 0.539. The zero-order valence-electron chi connectivity index (χ0n) is 16.1. The first-order chi connectivity index (χ1) is 13.9. The molecule has 0 saturated heterocycles. The predicted octanol–water partition coefficient (Wildman–Crippen LogP) is 3.35. The number of nitrogens with zero attached hydrogens (tertiary/aromatic N) is 2. The lowest BCUT2D eigenvalue weighted by atomic mass is 9.94. The van der Waals surface area contributed by atoms with Crippen LogP contribution >= 0.6 is 0 Å². The first-order valence-electron chi connectivity index (χ1n) is 9.09. The minimum Gasteiger partial charge on any atom is -0.462 e. The number of hydrogen-bond acceptors (Lipinski definition) is 5. The third-order valence-electron chi connectivity index (χ3n) is 4.89. The molecule has 0 radical (unpaired) electrons. The normalized spacial score (nSPS) is 16.4. The van der Waals surface area contributed by atoms with Crippen molar-refractivity contribution in [2.24, 2.45) is 0 Å². The average molecular weight is 395 g/mol. The van der Waals surface area contributed by atoms with Crippen LogP contribution in [0.3, 0.4) is 0 Å². The Morgan fingerprint density at radius 1 is 1.17 bits per heavy atom. The molecule has 150 valence electrons. The number of carbonyl (C=O) groups is 2. The first kappa shape index (κ1) is 20.1. The molecule has 0 aliphatic carbocycles. The standard InChI is InChI=1S/C21H21N3O5/c1-14-18(20(25)29-13-12-15-8-4-3-5-9-15)19(22-21(26)23(14)2)16-10-6-7-11-17(16)24(27)28/h3-11,19H,12-13H2,1-2H3,(H,22,26)/t19-/m1/s1. The number of esters is 1. The smallest absolute Gasteiger partial charge is 0.338 e. The molecular weight excluding hydrogens is 374 g/mol. The number of ether oxygens (including phenoxy) is 1.